The summed E-state index contributed by atoms with van der Waals surface area (Å²) in [6.07, 6.45) is 1.61. The van der Waals surface area contributed by atoms with Crippen molar-refractivity contribution in [3.05, 3.63) is 29.3 Å². The third-order valence-electron chi connectivity index (χ3n) is 4.89. The zero-order valence-electron chi connectivity index (χ0n) is 16.9. The van der Waals surface area contributed by atoms with Crippen molar-refractivity contribution in [3.8, 4) is 5.75 Å². The Morgan fingerprint density at radius 1 is 1.36 bits per heavy atom. The Morgan fingerprint density at radius 3 is 2.79 bits per heavy atom. The fraction of sp³-hybridized carbons (Fsp3) is 0.600. The Labute approximate surface area is 166 Å². The number of carbonyl (C=O) groups excluding carboxylic acids is 1. The van der Waals surface area contributed by atoms with Gasteiger partial charge < -0.3 is 30.0 Å². The van der Waals surface area contributed by atoms with Crippen molar-refractivity contribution >= 4 is 11.9 Å². The van der Waals surface area contributed by atoms with Gasteiger partial charge in [0.1, 0.15) is 11.3 Å². The molecule has 1 aromatic carbocycles. The quantitative estimate of drug-likeness (QED) is 0.330. The van der Waals surface area contributed by atoms with E-state index in [9.17, 15) is 9.90 Å². The summed E-state index contributed by atoms with van der Waals surface area (Å²) in [4.78, 5) is 16.6. The van der Waals surface area contributed by atoms with Crippen LogP contribution in [0.3, 0.4) is 0 Å². The topological polar surface area (TPSA) is 101 Å². The first-order valence-corrected chi connectivity index (χ1v) is 9.53. The Balaban J connectivity index is 2.08. The summed E-state index contributed by atoms with van der Waals surface area (Å²) in [5.74, 6) is 0.707. The van der Waals surface area contributed by atoms with Crippen molar-refractivity contribution in [1.82, 2.24) is 10.6 Å². The number of methoxy groups -OCH3 is 2. The number of aliphatic hydroxyl groups excluding tert-OH is 1. The molecular weight excluding hydrogens is 362 g/mol. The molecule has 0 saturated carbocycles. The van der Waals surface area contributed by atoms with Gasteiger partial charge in [0.15, 0.2) is 5.96 Å². The molecule has 1 heterocycles. The van der Waals surface area contributed by atoms with Crippen molar-refractivity contribution in [1.29, 1.82) is 0 Å². The summed E-state index contributed by atoms with van der Waals surface area (Å²) in [5, 5.41) is 16.0. The van der Waals surface area contributed by atoms with Gasteiger partial charge in [-0.2, -0.15) is 0 Å². The highest BCUT2D eigenvalue weighted by molar-refractivity contribution is 5.92. The van der Waals surface area contributed by atoms with E-state index in [4.69, 9.17) is 14.2 Å². The summed E-state index contributed by atoms with van der Waals surface area (Å²) in [6.45, 7) is 5.30. The number of esters is 1. The third-order valence-corrected chi connectivity index (χ3v) is 4.89. The average molecular weight is 393 g/mol. The number of nitrogens with one attached hydrogen (secondary N) is 2. The molecule has 0 spiro atoms. The van der Waals surface area contributed by atoms with Gasteiger partial charge in [0, 0.05) is 31.7 Å². The van der Waals surface area contributed by atoms with Crippen LogP contribution in [0.15, 0.2) is 23.2 Å². The van der Waals surface area contributed by atoms with Gasteiger partial charge in [-0.3, -0.25) is 0 Å². The van der Waals surface area contributed by atoms with Crippen LogP contribution < -0.4 is 15.4 Å². The van der Waals surface area contributed by atoms with E-state index in [1.807, 2.05) is 13.0 Å². The monoisotopic (exact) mass is 393 g/mol. The van der Waals surface area contributed by atoms with Gasteiger partial charge in [-0.05, 0) is 37.5 Å². The van der Waals surface area contributed by atoms with E-state index in [2.05, 4.69) is 15.6 Å². The summed E-state index contributed by atoms with van der Waals surface area (Å²) in [5.41, 5.74) is 1.18. The van der Waals surface area contributed by atoms with Gasteiger partial charge >= 0.3 is 5.97 Å². The molecule has 1 saturated heterocycles. The fourth-order valence-electron chi connectivity index (χ4n) is 3.22. The Bertz CT molecular complexity index is 672. The second kappa shape index (κ2) is 10.9. The van der Waals surface area contributed by atoms with Crippen LogP contribution in [0.25, 0.3) is 0 Å². The van der Waals surface area contributed by atoms with E-state index in [-0.39, 0.29) is 12.0 Å². The fourth-order valence-corrected chi connectivity index (χ4v) is 3.22. The predicted octanol–water partition coefficient (Wildman–Crippen LogP) is 1.33. The molecule has 8 nitrogen and oxygen atoms in total. The molecule has 0 aliphatic carbocycles. The first-order valence-electron chi connectivity index (χ1n) is 9.53. The maximum atomic E-state index is 11.9. The van der Waals surface area contributed by atoms with Crippen molar-refractivity contribution < 1.29 is 24.1 Å². The molecule has 1 aliphatic rings. The lowest BCUT2D eigenvalue weighted by atomic mass is 9.84. The van der Waals surface area contributed by atoms with Crippen LogP contribution in [0.2, 0.25) is 0 Å². The normalized spacial score (nSPS) is 19.4. The summed E-state index contributed by atoms with van der Waals surface area (Å²) in [6, 6.07) is 5.34. The van der Waals surface area contributed by atoms with Gasteiger partial charge in [0.2, 0.25) is 0 Å². The van der Waals surface area contributed by atoms with Gasteiger partial charge in [-0.15, -0.1) is 0 Å². The number of benzene rings is 1. The van der Waals surface area contributed by atoms with E-state index >= 15 is 0 Å². The molecule has 1 aliphatic heterocycles. The molecule has 2 rings (SSSR count). The van der Waals surface area contributed by atoms with E-state index in [1.54, 1.807) is 12.1 Å². The van der Waals surface area contributed by atoms with Gasteiger partial charge in [-0.1, -0.05) is 6.07 Å². The van der Waals surface area contributed by atoms with Crippen molar-refractivity contribution in [2.45, 2.75) is 26.3 Å². The smallest absolute Gasteiger partial charge is 0.341 e. The highest BCUT2D eigenvalue weighted by atomic mass is 16.5. The second-order valence-corrected chi connectivity index (χ2v) is 6.85. The highest BCUT2D eigenvalue weighted by Gasteiger charge is 2.34. The number of hydrogen-bond acceptors (Lipinski definition) is 6. The molecular formula is C20H31N3O5. The van der Waals surface area contributed by atoms with Crippen molar-refractivity contribution in [2.24, 2.45) is 10.4 Å². The molecule has 1 fully saturated rings. The maximum Gasteiger partial charge on any atom is 0.341 e. The van der Waals surface area contributed by atoms with Gasteiger partial charge in [0.05, 0.1) is 27.4 Å². The van der Waals surface area contributed by atoms with Crippen LogP contribution in [0, 0.1) is 5.41 Å². The third kappa shape index (κ3) is 5.84. The number of nitrogens with zero attached hydrogens (tertiary/aromatic N) is 1. The van der Waals surface area contributed by atoms with E-state index in [0.717, 1.165) is 25.1 Å². The van der Waals surface area contributed by atoms with Crippen LogP contribution in [0.4, 0.5) is 0 Å². The minimum absolute atomic E-state index is 0.0664. The molecule has 28 heavy (non-hydrogen) atoms. The maximum absolute atomic E-state index is 11.9. The molecule has 0 amide bonds. The lowest BCUT2D eigenvalue weighted by Crippen LogP contribution is -2.44. The second-order valence-electron chi connectivity index (χ2n) is 6.85. The molecule has 1 unspecified atom stereocenters. The molecule has 1 atom stereocenters. The number of ether oxygens (including phenoxy) is 3. The van der Waals surface area contributed by atoms with Gasteiger partial charge in [-0.25, -0.2) is 9.79 Å². The number of carbonyl (C=O) groups is 1. The zero-order valence-corrected chi connectivity index (χ0v) is 16.9. The Hall–Kier alpha value is -2.32. The minimum Gasteiger partial charge on any atom is -0.496 e. The first-order chi connectivity index (χ1) is 13.6. The number of aliphatic imine (C=N–C) groups is 1. The van der Waals surface area contributed by atoms with Crippen molar-refractivity contribution in [3.63, 3.8) is 0 Å². The van der Waals surface area contributed by atoms with Crippen LogP contribution in [-0.2, 0) is 16.0 Å². The number of rotatable bonds is 9. The van der Waals surface area contributed by atoms with Gasteiger partial charge in [0.25, 0.3) is 0 Å². The minimum atomic E-state index is -0.445. The first kappa shape index (κ1) is 22.0. The largest absolute Gasteiger partial charge is 0.496 e. The molecule has 1 aromatic rings. The van der Waals surface area contributed by atoms with E-state index < -0.39 is 5.97 Å². The molecule has 0 aromatic heterocycles. The Kier molecular flexibility index (Phi) is 8.53. The van der Waals surface area contributed by atoms with Crippen LogP contribution in [0.1, 0.15) is 35.7 Å². The molecule has 0 radical (unpaired) electrons. The van der Waals surface area contributed by atoms with Crippen LogP contribution in [0.5, 0.6) is 5.75 Å². The highest BCUT2D eigenvalue weighted by Crippen LogP contribution is 2.31. The number of guanidine groups is 1. The molecule has 0 bridgehead atoms. The molecule has 3 N–H and O–H groups in total. The van der Waals surface area contributed by atoms with Crippen molar-refractivity contribution in [2.75, 3.05) is 47.1 Å². The molecule has 156 valence electrons. The summed E-state index contributed by atoms with van der Waals surface area (Å²) in [7, 11) is 2.86. The zero-order chi connectivity index (χ0) is 20.4. The number of hydrogen-bond donors (Lipinski definition) is 3. The number of aliphatic hydroxyl groups is 1. The predicted molar refractivity (Wildman–Crippen MR) is 107 cm³/mol. The van der Waals surface area contributed by atoms with E-state index in [1.165, 1.54) is 14.2 Å². The summed E-state index contributed by atoms with van der Waals surface area (Å²) >= 11 is 0. The lowest BCUT2D eigenvalue weighted by Gasteiger charge is -2.27. The Morgan fingerprint density at radius 2 is 2.18 bits per heavy atom. The van der Waals surface area contributed by atoms with Crippen LogP contribution >= 0.6 is 0 Å². The molecule has 8 heteroatoms. The van der Waals surface area contributed by atoms with E-state index in [0.29, 0.717) is 43.4 Å². The van der Waals surface area contributed by atoms with Crippen LogP contribution in [-0.4, -0.2) is 64.2 Å². The standard InChI is InChI=1S/C20H31N3O5/c1-4-21-19(23-13-20(7-9-24)8-10-28-14-20)22-12-15-5-6-17(26-2)16(11-15)18(25)27-3/h5-6,11,24H,4,7-10,12-14H2,1-3H3,(H2,21,22,23). The SMILES string of the molecule is CCNC(=NCc1ccc(OC)c(C(=O)OC)c1)NCC1(CCO)CCOC1. The average Bonchev–Trinajstić information content (AvgIpc) is 3.18. The summed E-state index contributed by atoms with van der Waals surface area (Å²) < 4.78 is 15.6. The lowest BCUT2D eigenvalue weighted by molar-refractivity contribution is 0.0597.